The SMILES string of the molecule is Cc1cc(C=O)cnc1N1CCSCC1S(C)(=O)=O. The summed E-state index contributed by atoms with van der Waals surface area (Å²) in [5.41, 5.74) is 1.33. The van der Waals surface area contributed by atoms with Crippen molar-refractivity contribution < 1.29 is 13.2 Å². The summed E-state index contributed by atoms with van der Waals surface area (Å²) in [7, 11) is -3.16. The minimum atomic E-state index is -3.16. The van der Waals surface area contributed by atoms with E-state index in [1.165, 1.54) is 12.5 Å². The van der Waals surface area contributed by atoms with Gasteiger partial charge in [-0.3, -0.25) is 4.79 Å². The molecule has 0 aromatic carbocycles. The van der Waals surface area contributed by atoms with Crippen LogP contribution in [0.3, 0.4) is 0 Å². The summed E-state index contributed by atoms with van der Waals surface area (Å²) in [6.45, 7) is 2.49. The lowest BCUT2D eigenvalue weighted by Gasteiger charge is -2.35. The number of aryl methyl sites for hydroxylation is 1. The number of aromatic nitrogens is 1. The molecule has 5 nitrogen and oxygen atoms in total. The molecule has 1 aliphatic rings. The molecule has 1 aromatic rings. The number of hydrogen-bond donors (Lipinski definition) is 0. The Morgan fingerprint density at radius 2 is 2.26 bits per heavy atom. The largest absolute Gasteiger partial charge is 0.338 e. The van der Waals surface area contributed by atoms with Crippen molar-refractivity contribution in [3.63, 3.8) is 0 Å². The number of rotatable bonds is 3. The molecule has 1 aliphatic heterocycles. The summed E-state index contributed by atoms with van der Waals surface area (Å²) < 4.78 is 23.7. The van der Waals surface area contributed by atoms with E-state index in [2.05, 4.69) is 4.98 Å². The molecule has 0 radical (unpaired) electrons. The van der Waals surface area contributed by atoms with Gasteiger partial charge < -0.3 is 4.90 Å². The van der Waals surface area contributed by atoms with Gasteiger partial charge in [0.15, 0.2) is 16.1 Å². The summed E-state index contributed by atoms with van der Waals surface area (Å²) in [5.74, 6) is 2.08. The molecule has 1 fully saturated rings. The Balaban J connectivity index is 2.40. The van der Waals surface area contributed by atoms with Crippen molar-refractivity contribution in [3.8, 4) is 0 Å². The average molecular weight is 300 g/mol. The third kappa shape index (κ3) is 3.09. The molecule has 19 heavy (non-hydrogen) atoms. The Morgan fingerprint density at radius 3 is 2.84 bits per heavy atom. The summed E-state index contributed by atoms with van der Waals surface area (Å²) in [6, 6.07) is 1.73. The van der Waals surface area contributed by atoms with Crippen LogP contribution in [0.25, 0.3) is 0 Å². The van der Waals surface area contributed by atoms with Crippen LogP contribution >= 0.6 is 11.8 Å². The molecule has 0 bridgehead atoms. The van der Waals surface area contributed by atoms with Crippen LogP contribution in [-0.2, 0) is 9.84 Å². The first-order valence-electron chi connectivity index (χ1n) is 5.88. The number of aldehydes is 1. The molecule has 2 rings (SSSR count). The lowest BCUT2D eigenvalue weighted by molar-refractivity contribution is 0.112. The molecule has 0 amide bonds. The van der Waals surface area contributed by atoms with Crippen LogP contribution in [-0.4, -0.2) is 49.4 Å². The van der Waals surface area contributed by atoms with E-state index >= 15 is 0 Å². The van der Waals surface area contributed by atoms with Crippen LogP contribution in [0, 0.1) is 6.92 Å². The first-order valence-corrected chi connectivity index (χ1v) is 8.99. The maximum absolute atomic E-state index is 11.9. The number of hydrogen-bond acceptors (Lipinski definition) is 6. The van der Waals surface area contributed by atoms with E-state index in [-0.39, 0.29) is 0 Å². The summed E-state index contributed by atoms with van der Waals surface area (Å²) >= 11 is 1.64. The fourth-order valence-corrected chi connectivity index (χ4v) is 4.95. The predicted octanol–water partition coefficient (Wildman–Crippen LogP) is 1.13. The van der Waals surface area contributed by atoms with E-state index in [1.54, 1.807) is 17.8 Å². The molecule has 1 saturated heterocycles. The van der Waals surface area contributed by atoms with Crippen molar-refractivity contribution in [1.82, 2.24) is 4.98 Å². The maximum Gasteiger partial charge on any atom is 0.169 e. The molecule has 104 valence electrons. The Morgan fingerprint density at radius 1 is 1.53 bits per heavy atom. The van der Waals surface area contributed by atoms with Gasteiger partial charge in [-0.25, -0.2) is 13.4 Å². The van der Waals surface area contributed by atoms with Gasteiger partial charge in [0.05, 0.1) is 0 Å². The standard InChI is InChI=1S/C12H16N2O3S2/c1-9-5-10(7-15)6-13-12(9)14-3-4-18-8-11(14)19(2,16)17/h5-7,11H,3-4,8H2,1-2H3. The molecule has 0 N–H and O–H groups in total. The van der Waals surface area contributed by atoms with Gasteiger partial charge in [-0.1, -0.05) is 0 Å². The Labute approximate surface area is 117 Å². The topological polar surface area (TPSA) is 67.3 Å². The highest BCUT2D eigenvalue weighted by Crippen LogP contribution is 2.27. The highest BCUT2D eigenvalue weighted by atomic mass is 32.2. The third-order valence-corrected chi connectivity index (χ3v) is 5.70. The van der Waals surface area contributed by atoms with Crippen LogP contribution in [0.1, 0.15) is 15.9 Å². The van der Waals surface area contributed by atoms with E-state index < -0.39 is 15.2 Å². The van der Waals surface area contributed by atoms with Crippen LogP contribution in [0.15, 0.2) is 12.3 Å². The zero-order valence-electron chi connectivity index (χ0n) is 10.9. The second kappa shape index (κ2) is 5.50. The number of anilines is 1. The molecule has 0 saturated carbocycles. The zero-order valence-corrected chi connectivity index (χ0v) is 12.5. The monoisotopic (exact) mass is 300 g/mol. The summed E-state index contributed by atoms with van der Waals surface area (Å²) in [6.07, 6.45) is 3.48. The average Bonchev–Trinajstić information content (AvgIpc) is 2.37. The molecule has 1 unspecified atom stereocenters. The van der Waals surface area contributed by atoms with Crippen LogP contribution in [0.4, 0.5) is 5.82 Å². The summed E-state index contributed by atoms with van der Waals surface area (Å²) in [4.78, 5) is 16.8. The minimum Gasteiger partial charge on any atom is -0.338 e. The van der Waals surface area contributed by atoms with Crippen LogP contribution in [0.5, 0.6) is 0 Å². The predicted molar refractivity (Wildman–Crippen MR) is 77.7 cm³/mol. The molecule has 2 heterocycles. The fourth-order valence-electron chi connectivity index (χ4n) is 2.13. The van der Waals surface area contributed by atoms with Gasteiger partial charge in [-0.15, -0.1) is 0 Å². The number of carbonyl (C=O) groups excluding carboxylic acids is 1. The van der Waals surface area contributed by atoms with Crippen LogP contribution in [0.2, 0.25) is 0 Å². The quantitative estimate of drug-likeness (QED) is 0.780. The van der Waals surface area contributed by atoms with Gasteiger partial charge in [0.25, 0.3) is 0 Å². The maximum atomic E-state index is 11.9. The highest BCUT2D eigenvalue weighted by Gasteiger charge is 2.32. The first-order chi connectivity index (χ1) is 8.93. The minimum absolute atomic E-state index is 0.503. The van der Waals surface area contributed by atoms with Crippen molar-refractivity contribution in [2.75, 3.05) is 29.2 Å². The number of carbonyl (C=O) groups is 1. The van der Waals surface area contributed by atoms with Crippen molar-refractivity contribution in [2.45, 2.75) is 12.3 Å². The Hall–Kier alpha value is -1.08. The summed E-state index contributed by atoms with van der Waals surface area (Å²) in [5, 5.41) is -0.542. The highest BCUT2D eigenvalue weighted by molar-refractivity contribution is 8.01. The smallest absolute Gasteiger partial charge is 0.169 e. The van der Waals surface area contributed by atoms with Crippen molar-refractivity contribution in [2.24, 2.45) is 0 Å². The lowest BCUT2D eigenvalue weighted by Crippen LogP contribution is -2.47. The van der Waals surface area contributed by atoms with Crippen LogP contribution < -0.4 is 4.90 Å². The number of thioether (sulfide) groups is 1. The van der Waals surface area contributed by atoms with Gasteiger partial charge in [0.1, 0.15) is 11.2 Å². The van der Waals surface area contributed by atoms with E-state index in [0.717, 1.165) is 17.6 Å². The lowest BCUT2D eigenvalue weighted by atomic mass is 10.2. The van der Waals surface area contributed by atoms with Gasteiger partial charge >= 0.3 is 0 Å². The normalized spacial score (nSPS) is 20.3. The van der Waals surface area contributed by atoms with E-state index in [4.69, 9.17) is 0 Å². The van der Waals surface area contributed by atoms with E-state index in [9.17, 15) is 13.2 Å². The zero-order chi connectivity index (χ0) is 14.0. The third-order valence-electron chi connectivity index (χ3n) is 3.06. The molecule has 0 aliphatic carbocycles. The van der Waals surface area contributed by atoms with Gasteiger partial charge in [0.2, 0.25) is 0 Å². The molecule has 7 heteroatoms. The van der Waals surface area contributed by atoms with E-state index in [1.807, 2.05) is 11.8 Å². The van der Waals surface area contributed by atoms with Gasteiger partial charge in [0, 0.05) is 36.1 Å². The Bertz CT molecular complexity index is 587. The number of sulfone groups is 1. The first kappa shape index (κ1) is 14.3. The second-order valence-corrected chi connectivity index (χ2v) is 7.93. The fraction of sp³-hybridized carbons (Fsp3) is 0.500. The van der Waals surface area contributed by atoms with Crippen molar-refractivity contribution in [3.05, 3.63) is 23.4 Å². The van der Waals surface area contributed by atoms with Crippen molar-refractivity contribution >= 4 is 33.7 Å². The number of nitrogens with zero attached hydrogens (tertiary/aromatic N) is 2. The van der Waals surface area contributed by atoms with E-state index in [0.29, 0.717) is 23.7 Å². The Kier molecular flexibility index (Phi) is 4.15. The number of pyridine rings is 1. The molecular weight excluding hydrogens is 284 g/mol. The van der Waals surface area contributed by atoms with Crippen molar-refractivity contribution in [1.29, 1.82) is 0 Å². The molecule has 1 atom stereocenters. The van der Waals surface area contributed by atoms with Gasteiger partial charge in [-0.05, 0) is 18.6 Å². The molecule has 1 aromatic heterocycles. The second-order valence-electron chi connectivity index (χ2n) is 4.58. The van der Waals surface area contributed by atoms with Gasteiger partial charge in [-0.2, -0.15) is 11.8 Å². The molecule has 0 spiro atoms. The molecular formula is C12H16N2O3S2.